The van der Waals surface area contributed by atoms with E-state index < -0.39 is 60.5 Å². The second-order valence-corrected chi connectivity index (χ2v) is 9.53. The Morgan fingerprint density at radius 2 is 1.14 bits per heavy atom. The molecule has 3 aromatic carbocycles. The van der Waals surface area contributed by atoms with Crippen LogP contribution in [0.2, 0.25) is 0 Å². The number of nitrogens with zero attached hydrogens (tertiary/aromatic N) is 1. The maximum absolute atomic E-state index is 13.2. The van der Waals surface area contributed by atoms with Gasteiger partial charge in [-0.3, -0.25) is 14.2 Å². The van der Waals surface area contributed by atoms with Crippen molar-refractivity contribution in [2.24, 2.45) is 5.73 Å². The van der Waals surface area contributed by atoms with Crippen molar-refractivity contribution in [1.82, 2.24) is 4.57 Å². The van der Waals surface area contributed by atoms with Crippen molar-refractivity contribution < 1.29 is 38.1 Å². The molecule has 2 N–H and O–H groups in total. The largest absolute Gasteiger partial charge is 0.459 e. The first-order valence-corrected chi connectivity index (χ1v) is 13.2. The number of hydrogen-bond donors (Lipinski definition) is 1. The fraction of sp³-hybridized carbons (Fsp3) is 0.156. The summed E-state index contributed by atoms with van der Waals surface area (Å²) in [6, 6.07) is 26.7. The van der Waals surface area contributed by atoms with Crippen molar-refractivity contribution >= 4 is 23.8 Å². The van der Waals surface area contributed by atoms with Crippen LogP contribution >= 0.6 is 0 Å². The number of carbonyl (C=O) groups is 4. The van der Waals surface area contributed by atoms with Crippen molar-refractivity contribution in [2.45, 2.75) is 24.5 Å². The Kier molecular flexibility index (Phi) is 8.73. The molecule has 1 aliphatic rings. The van der Waals surface area contributed by atoms with Crippen LogP contribution in [0, 0.1) is 0 Å². The Labute approximate surface area is 245 Å². The van der Waals surface area contributed by atoms with Gasteiger partial charge in [0.2, 0.25) is 5.91 Å². The Balaban J connectivity index is 1.53. The minimum Gasteiger partial charge on any atom is -0.459 e. The monoisotopic (exact) mass is 582 g/mol. The van der Waals surface area contributed by atoms with Crippen molar-refractivity contribution in [3.63, 3.8) is 0 Å². The first-order valence-electron chi connectivity index (χ1n) is 13.2. The molecular weight excluding hydrogens is 556 g/mol. The van der Waals surface area contributed by atoms with Gasteiger partial charge in [-0.15, -0.1) is 0 Å². The third kappa shape index (κ3) is 6.68. The van der Waals surface area contributed by atoms with E-state index in [-0.39, 0.29) is 22.3 Å². The molecule has 0 bridgehead atoms. The highest BCUT2D eigenvalue weighted by Gasteiger charge is 2.51. The predicted octanol–water partition coefficient (Wildman–Crippen LogP) is 3.15. The van der Waals surface area contributed by atoms with E-state index in [9.17, 15) is 24.0 Å². The third-order valence-corrected chi connectivity index (χ3v) is 6.68. The Bertz CT molecular complexity index is 1670. The molecule has 1 aliphatic heterocycles. The zero-order valence-electron chi connectivity index (χ0n) is 22.6. The zero-order valence-corrected chi connectivity index (χ0v) is 22.6. The fourth-order valence-corrected chi connectivity index (χ4v) is 4.53. The number of benzene rings is 3. The van der Waals surface area contributed by atoms with Crippen LogP contribution < -0.4 is 11.3 Å². The highest BCUT2D eigenvalue weighted by atomic mass is 16.7. The molecule has 2 heterocycles. The molecule has 43 heavy (non-hydrogen) atoms. The number of nitrogens with two attached hydrogens (primary N) is 1. The number of carbonyl (C=O) groups excluding carboxylic acids is 4. The van der Waals surface area contributed by atoms with Gasteiger partial charge in [0.1, 0.15) is 12.7 Å². The van der Waals surface area contributed by atoms with Crippen LogP contribution in [-0.2, 0) is 18.9 Å². The number of pyridine rings is 1. The van der Waals surface area contributed by atoms with Gasteiger partial charge in [0, 0.05) is 12.3 Å². The molecule has 11 nitrogen and oxygen atoms in total. The number of aromatic nitrogens is 1. The van der Waals surface area contributed by atoms with E-state index in [1.807, 2.05) is 0 Å². The van der Waals surface area contributed by atoms with Gasteiger partial charge in [0.15, 0.2) is 18.4 Å². The number of rotatable bonds is 9. The predicted molar refractivity (Wildman–Crippen MR) is 151 cm³/mol. The summed E-state index contributed by atoms with van der Waals surface area (Å²) >= 11 is 0. The molecule has 1 saturated heterocycles. The van der Waals surface area contributed by atoms with Crippen molar-refractivity contribution in [3.05, 3.63) is 142 Å². The van der Waals surface area contributed by atoms with Crippen LogP contribution in [0.25, 0.3) is 0 Å². The van der Waals surface area contributed by atoms with E-state index in [2.05, 4.69) is 0 Å². The van der Waals surface area contributed by atoms with E-state index in [0.717, 1.165) is 16.8 Å². The lowest BCUT2D eigenvalue weighted by Crippen LogP contribution is -2.42. The molecular formula is C32H26N2O9. The Morgan fingerprint density at radius 3 is 1.65 bits per heavy atom. The number of hydrogen-bond acceptors (Lipinski definition) is 9. The molecule has 4 atom stereocenters. The zero-order chi connectivity index (χ0) is 30.3. The minimum atomic E-state index is -1.42. The highest BCUT2D eigenvalue weighted by Crippen LogP contribution is 2.35. The number of primary amides is 1. The van der Waals surface area contributed by atoms with E-state index >= 15 is 0 Å². The van der Waals surface area contributed by atoms with E-state index in [1.54, 1.807) is 66.7 Å². The van der Waals surface area contributed by atoms with Crippen molar-refractivity contribution in [2.75, 3.05) is 6.61 Å². The van der Waals surface area contributed by atoms with Crippen LogP contribution in [-0.4, -0.2) is 53.3 Å². The summed E-state index contributed by atoms with van der Waals surface area (Å²) in [5, 5.41) is 0. The van der Waals surface area contributed by atoms with Crippen LogP contribution in [0.5, 0.6) is 0 Å². The molecule has 0 aliphatic carbocycles. The van der Waals surface area contributed by atoms with Gasteiger partial charge in [-0.2, -0.15) is 0 Å². The molecule has 218 valence electrons. The minimum absolute atomic E-state index is 0.0203. The molecule has 0 saturated carbocycles. The second-order valence-electron chi connectivity index (χ2n) is 9.53. The van der Waals surface area contributed by atoms with Gasteiger partial charge in [0.25, 0.3) is 5.56 Å². The SMILES string of the molecule is NC(=O)c1ccc(=O)n([C@@H]2O[C@H](COC(=O)c3ccccc3)[C@@H](OC(=O)c3ccccc3)[C@@H]2OC(=O)c2ccccc2)c1. The first-order chi connectivity index (χ1) is 20.8. The summed E-state index contributed by atoms with van der Waals surface area (Å²) in [6.45, 7) is -0.430. The molecule has 1 amide bonds. The highest BCUT2D eigenvalue weighted by molar-refractivity contribution is 5.92. The average molecular weight is 583 g/mol. The summed E-state index contributed by atoms with van der Waals surface area (Å²) < 4.78 is 24.3. The molecule has 0 spiro atoms. The molecule has 4 aromatic rings. The molecule has 0 radical (unpaired) electrons. The van der Waals surface area contributed by atoms with Crippen molar-refractivity contribution in [1.29, 1.82) is 0 Å². The Morgan fingerprint density at radius 1 is 0.651 bits per heavy atom. The van der Waals surface area contributed by atoms with E-state index in [1.165, 1.54) is 30.3 Å². The molecule has 1 fully saturated rings. The lowest BCUT2D eigenvalue weighted by atomic mass is 10.1. The van der Waals surface area contributed by atoms with Gasteiger partial charge in [-0.1, -0.05) is 54.6 Å². The standard InChI is InChI=1S/C32H26N2O9/c33-28(36)23-16-17-25(35)34(18-23)29-27(43-32(39)22-14-8-3-9-15-22)26(42-31(38)21-12-6-2-7-13-21)24(41-29)19-40-30(37)20-10-4-1-5-11-20/h1-18,24,26-27,29H,19H2,(H2,33,36)/t24-,26-,27+,29-/m1/s1. The smallest absolute Gasteiger partial charge is 0.338 e. The molecule has 11 heteroatoms. The van der Waals surface area contributed by atoms with E-state index in [0.29, 0.717) is 0 Å². The van der Waals surface area contributed by atoms with Crippen molar-refractivity contribution in [3.8, 4) is 0 Å². The summed E-state index contributed by atoms with van der Waals surface area (Å²) in [5.74, 6) is -3.05. The van der Waals surface area contributed by atoms with Gasteiger partial charge >= 0.3 is 17.9 Å². The first kappa shape index (κ1) is 29.0. The molecule has 0 unspecified atom stereocenters. The van der Waals surface area contributed by atoms with Gasteiger partial charge in [0.05, 0.1) is 22.3 Å². The maximum atomic E-state index is 13.2. The van der Waals surface area contributed by atoms with Crippen LogP contribution in [0.3, 0.4) is 0 Å². The topological polar surface area (TPSA) is 153 Å². The number of esters is 3. The lowest BCUT2D eigenvalue weighted by Gasteiger charge is -2.25. The normalized spacial score (nSPS) is 19.3. The van der Waals surface area contributed by atoms with Gasteiger partial charge in [-0.05, 0) is 42.5 Å². The molecule has 1 aromatic heterocycles. The van der Waals surface area contributed by atoms with E-state index in [4.69, 9.17) is 24.7 Å². The second kappa shape index (κ2) is 13.0. The number of amides is 1. The lowest BCUT2D eigenvalue weighted by molar-refractivity contribution is -0.0635. The summed E-state index contributed by atoms with van der Waals surface area (Å²) in [7, 11) is 0. The third-order valence-electron chi connectivity index (χ3n) is 6.68. The number of ether oxygens (including phenoxy) is 4. The summed E-state index contributed by atoms with van der Waals surface area (Å²) in [5.41, 5.74) is 5.46. The summed E-state index contributed by atoms with van der Waals surface area (Å²) in [6.07, 6.45) is -4.19. The molecule has 5 rings (SSSR count). The maximum Gasteiger partial charge on any atom is 0.338 e. The van der Waals surface area contributed by atoms with Gasteiger partial charge < -0.3 is 24.7 Å². The summed E-state index contributed by atoms with van der Waals surface area (Å²) in [4.78, 5) is 64.1. The average Bonchev–Trinajstić information content (AvgIpc) is 3.36. The van der Waals surface area contributed by atoms with Crippen LogP contribution in [0.15, 0.2) is 114 Å². The fourth-order valence-electron chi connectivity index (χ4n) is 4.53. The van der Waals surface area contributed by atoms with Crippen LogP contribution in [0.4, 0.5) is 0 Å². The van der Waals surface area contributed by atoms with Gasteiger partial charge in [-0.25, -0.2) is 14.4 Å². The Hall–Kier alpha value is -5.55. The van der Waals surface area contributed by atoms with Crippen LogP contribution in [0.1, 0.15) is 47.7 Å². The quantitative estimate of drug-likeness (QED) is 0.232.